The second-order valence-electron chi connectivity index (χ2n) is 3.41. The summed E-state index contributed by atoms with van der Waals surface area (Å²) in [4.78, 5) is 0. The Labute approximate surface area is 93.1 Å². The summed E-state index contributed by atoms with van der Waals surface area (Å²) in [5.74, 6) is 0. The maximum Gasteiger partial charge on any atom is 0.146 e. The van der Waals surface area contributed by atoms with Crippen molar-refractivity contribution in [2.75, 3.05) is 26.6 Å². The van der Waals surface area contributed by atoms with Crippen LogP contribution in [0.3, 0.4) is 0 Å². The van der Waals surface area contributed by atoms with E-state index in [1.165, 1.54) is 12.8 Å². The van der Waals surface area contributed by atoms with E-state index in [4.69, 9.17) is 14.6 Å². The molecule has 0 saturated carbocycles. The van der Waals surface area contributed by atoms with E-state index in [0.29, 0.717) is 13.4 Å². The minimum Gasteiger partial charge on any atom is -0.396 e. The van der Waals surface area contributed by atoms with Crippen LogP contribution in [0, 0.1) is 0 Å². The first-order chi connectivity index (χ1) is 7.41. The third-order valence-electron chi connectivity index (χ3n) is 1.95. The van der Waals surface area contributed by atoms with Crippen molar-refractivity contribution in [3.05, 3.63) is 12.2 Å². The molecule has 90 valence electrons. The van der Waals surface area contributed by atoms with Crippen LogP contribution in [0.5, 0.6) is 0 Å². The molecule has 0 heterocycles. The summed E-state index contributed by atoms with van der Waals surface area (Å²) in [6, 6.07) is 0. The van der Waals surface area contributed by atoms with E-state index in [-0.39, 0.29) is 6.61 Å². The van der Waals surface area contributed by atoms with Gasteiger partial charge in [0.2, 0.25) is 0 Å². The molecule has 0 unspecified atom stereocenters. The Balaban J connectivity index is 2.92. The minimum atomic E-state index is 0.220. The molecular formula is C12H24O3. The largest absolute Gasteiger partial charge is 0.396 e. The molecule has 0 aliphatic carbocycles. The Kier molecular flexibility index (Phi) is 13.3. The van der Waals surface area contributed by atoms with Crippen LogP contribution in [0.25, 0.3) is 0 Å². The zero-order valence-electron chi connectivity index (χ0n) is 9.78. The molecule has 0 aromatic carbocycles. The first-order valence-electron chi connectivity index (χ1n) is 5.83. The Morgan fingerprint density at radius 3 is 2.47 bits per heavy atom. The van der Waals surface area contributed by atoms with E-state index in [0.717, 1.165) is 25.9 Å². The van der Waals surface area contributed by atoms with Gasteiger partial charge in [0.1, 0.15) is 6.79 Å². The zero-order valence-corrected chi connectivity index (χ0v) is 9.78. The van der Waals surface area contributed by atoms with Crippen LogP contribution >= 0.6 is 0 Å². The van der Waals surface area contributed by atoms with Gasteiger partial charge in [0, 0.05) is 13.2 Å². The third-order valence-corrected chi connectivity index (χ3v) is 1.95. The molecule has 0 rings (SSSR count). The minimum absolute atomic E-state index is 0.220. The van der Waals surface area contributed by atoms with Gasteiger partial charge < -0.3 is 14.6 Å². The molecule has 15 heavy (non-hydrogen) atoms. The van der Waals surface area contributed by atoms with Crippen molar-refractivity contribution >= 4 is 0 Å². The summed E-state index contributed by atoms with van der Waals surface area (Å²) in [7, 11) is 0. The zero-order chi connectivity index (χ0) is 11.2. The van der Waals surface area contributed by atoms with E-state index < -0.39 is 0 Å². The van der Waals surface area contributed by atoms with E-state index >= 15 is 0 Å². The third kappa shape index (κ3) is 13.6. The lowest BCUT2D eigenvalue weighted by Gasteiger charge is -2.03. The van der Waals surface area contributed by atoms with Gasteiger partial charge in [0.25, 0.3) is 0 Å². The molecule has 1 N–H and O–H groups in total. The number of aliphatic hydroxyl groups excluding tert-OH is 1. The lowest BCUT2D eigenvalue weighted by Crippen LogP contribution is -2.02. The Hall–Kier alpha value is -0.380. The quantitative estimate of drug-likeness (QED) is 0.327. The van der Waals surface area contributed by atoms with Crippen LogP contribution < -0.4 is 0 Å². The van der Waals surface area contributed by atoms with Gasteiger partial charge in [0.15, 0.2) is 0 Å². The van der Waals surface area contributed by atoms with Gasteiger partial charge in [-0.15, -0.1) is 0 Å². The number of hydrogen-bond acceptors (Lipinski definition) is 3. The fraction of sp³-hybridized carbons (Fsp3) is 0.833. The Bertz CT molecular complexity index is 135. The Morgan fingerprint density at radius 2 is 1.73 bits per heavy atom. The van der Waals surface area contributed by atoms with Gasteiger partial charge in [-0.05, 0) is 19.3 Å². The summed E-state index contributed by atoms with van der Waals surface area (Å²) in [6.45, 7) is 4.29. The standard InChI is InChI=1S/C12H24O3/c1-2-3-7-10-14-12-15-11-8-5-4-6-9-13/h4-5,13H,2-3,6-12H2,1H3/b5-4-. The average Bonchev–Trinajstić information content (AvgIpc) is 2.26. The molecule has 0 aromatic rings. The number of hydrogen-bond donors (Lipinski definition) is 1. The number of rotatable bonds is 11. The van der Waals surface area contributed by atoms with Gasteiger partial charge in [-0.1, -0.05) is 31.9 Å². The summed E-state index contributed by atoms with van der Waals surface area (Å²) in [6.07, 6.45) is 9.17. The van der Waals surface area contributed by atoms with Crippen molar-refractivity contribution in [1.82, 2.24) is 0 Å². The topological polar surface area (TPSA) is 38.7 Å². The predicted molar refractivity (Wildman–Crippen MR) is 61.8 cm³/mol. The van der Waals surface area contributed by atoms with Crippen molar-refractivity contribution in [2.45, 2.75) is 39.0 Å². The smallest absolute Gasteiger partial charge is 0.146 e. The highest BCUT2D eigenvalue weighted by Crippen LogP contribution is 1.94. The van der Waals surface area contributed by atoms with Gasteiger partial charge in [-0.25, -0.2) is 0 Å². The van der Waals surface area contributed by atoms with Gasteiger partial charge in [0.05, 0.1) is 6.61 Å². The van der Waals surface area contributed by atoms with Crippen LogP contribution in [-0.2, 0) is 9.47 Å². The molecule has 0 radical (unpaired) electrons. The summed E-state index contributed by atoms with van der Waals surface area (Å²) < 4.78 is 10.5. The van der Waals surface area contributed by atoms with Crippen molar-refractivity contribution < 1.29 is 14.6 Å². The maximum atomic E-state index is 8.51. The van der Waals surface area contributed by atoms with E-state index in [1.807, 2.05) is 12.2 Å². The summed E-state index contributed by atoms with van der Waals surface area (Å²) in [5.41, 5.74) is 0. The van der Waals surface area contributed by atoms with Gasteiger partial charge in [-0.3, -0.25) is 0 Å². The molecule has 0 saturated heterocycles. The lowest BCUT2D eigenvalue weighted by atomic mass is 10.3. The molecular weight excluding hydrogens is 192 g/mol. The molecule has 0 aliphatic rings. The monoisotopic (exact) mass is 216 g/mol. The molecule has 0 amide bonds. The van der Waals surface area contributed by atoms with Gasteiger partial charge in [-0.2, -0.15) is 0 Å². The van der Waals surface area contributed by atoms with E-state index in [9.17, 15) is 0 Å². The Morgan fingerprint density at radius 1 is 1.00 bits per heavy atom. The van der Waals surface area contributed by atoms with Crippen LogP contribution in [0.4, 0.5) is 0 Å². The van der Waals surface area contributed by atoms with Crippen molar-refractivity contribution in [2.24, 2.45) is 0 Å². The highest BCUT2D eigenvalue weighted by molar-refractivity contribution is 4.80. The molecule has 0 atom stereocenters. The molecule has 0 bridgehead atoms. The number of aliphatic hydroxyl groups is 1. The highest BCUT2D eigenvalue weighted by atomic mass is 16.7. The first-order valence-corrected chi connectivity index (χ1v) is 5.83. The highest BCUT2D eigenvalue weighted by Gasteiger charge is 1.88. The molecule has 3 heteroatoms. The molecule has 0 fully saturated rings. The second kappa shape index (κ2) is 13.6. The van der Waals surface area contributed by atoms with Crippen molar-refractivity contribution in [1.29, 1.82) is 0 Å². The maximum absolute atomic E-state index is 8.51. The number of unbranched alkanes of at least 4 members (excludes halogenated alkanes) is 2. The first kappa shape index (κ1) is 14.6. The average molecular weight is 216 g/mol. The predicted octanol–water partition coefficient (Wildman–Crippen LogP) is 2.50. The molecule has 0 spiro atoms. The van der Waals surface area contributed by atoms with Crippen molar-refractivity contribution in [3.8, 4) is 0 Å². The molecule has 3 nitrogen and oxygen atoms in total. The molecule has 0 aliphatic heterocycles. The molecule has 0 aromatic heterocycles. The normalized spacial score (nSPS) is 11.3. The number of ether oxygens (including phenoxy) is 2. The lowest BCUT2D eigenvalue weighted by molar-refractivity contribution is -0.0531. The second-order valence-corrected chi connectivity index (χ2v) is 3.41. The fourth-order valence-electron chi connectivity index (χ4n) is 1.09. The van der Waals surface area contributed by atoms with Crippen LogP contribution in [0.1, 0.15) is 39.0 Å². The van der Waals surface area contributed by atoms with Gasteiger partial charge >= 0.3 is 0 Å². The van der Waals surface area contributed by atoms with Crippen LogP contribution in [-0.4, -0.2) is 31.7 Å². The van der Waals surface area contributed by atoms with E-state index in [1.54, 1.807) is 0 Å². The van der Waals surface area contributed by atoms with Crippen LogP contribution in [0.15, 0.2) is 12.2 Å². The van der Waals surface area contributed by atoms with Crippen LogP contribution in [0.2, 0.25) is 0 Å². The van der Waals surface area contributed by atoms with E-state index in [2.05, 4.69) is 6.92 Å². The van der Waals surface area contributed by atoms with Crippen molar-refractivity contribution in [3.63, 3.8) is 0 Å². The summed E-state index contributed by atoms with van der Waals surface area (Å²) in [5, 5.41) is 8.51. The SMILES string of the molecule is CCCCCOCOCC/C=C\CCO. The summed E-state index contributed by atoms with van der Waals surface area (Å²) >= 11 is 0. The fourth-order valence-corrected chi connectivity index (χ4v) is 1.09.